The van der Waals surface area contributed by atoms with E-state index < -0.39 is 0 Å². The van der Waals surface area contributed by atoms with Crippen molar-refractivity contribution < 1.29 is 9.53 Å². The molecule has 4 heteroatoms. The lowest BCUT2D eigenvalue weighted by atomic mass is 10.1. The Bertz CT molecular complexity index is 855. The summed E-state index contributed by atoms with van der Waals surface area (Å²) in [6.07, 6.45) is 0. The molecule has 21 heavy (non-hydrogen) atoms. The van der Waals surface area contributed by atoms with Gasteiger partial charge in [-0.05, 0) is 42.0 Å². The fourth-order valence-electron chi connectivity index (χ4n) is 2.26. The number of aromatic nitrogens is 1. The molecule has 3 aromatic rings. The van der Waals surface area contributed by atoms with Gasteiger partial charge < -0.3 is 9.72 Å². The lowest BCUT2D eigenvalue weighted by molar-refractivity contribution is 0.0601. The number of benzene rings is 2. The minimum Gasteiger partial charge on any atom is -0.465 e. The third-order valence-electron chi connectivity index (χ3n) is 3.37. The van der Waals surface area contributed by atoms with Crippen molar-refractivity contribution in [3.63, 3.8) is 0 Å². The Morgan fingerprint density at radius 2 is 1.90 bits per heavy atom. The molecular formula is C17H12N2O2. The first-order valence-electron chi connectivity index (χ1n) is 6.43. The molecule has 1 N–H and O–H groups in total. The Hall–Kier alpha value is -3.06. The molecule has 0 aliphatic carbocycles. The summed E-state index contributed by atoms with van der Waals surface area (Å²) in [5.74, 6) is -0.349. The molecular weight excluding hydrogens is 264 g/mol. The predicted molar refractivity (Wildman–Crippen MR) is 79.8 cm³/mol. The van der Waals surface area contributed by atoms with Gasteiger partial charge in [-0.1, -0.05) is 12.1 Å². The molecule has 1 aromatic heterocycles. The molecule has 0 saturated carbocycles. The summed E-state index contributed by atoms with van der Waals surface area (Å²) in [7, 11) is 1.37. The topological polar surface area (TPSA) is 65.9 Å². The number of ether oxygens (including phenoxy) is 1. The summed E-state index contributed by atoms with van der Waals surface area (Å²) in [5, 5.41) is 9.76. The van der Waals surface area contributed by atoms with E-state index in [0.717, 1.165) is 22.2 Å². The predicted octanol–water partition coefficient (Wildman–Crippen LogP) is 3.49. The molecule has 0 fully saturated rings. The van der Waals surface area contributed by atoms with E-state index in [1.807, 2.05) is 24.3 Å². The van der Waals surface area contributed by atoms with Gasteiger partial charge in [0.15, 0.2) is 0 Å². The van der Waals surface area contributed by atoms with Gasteiger partial charge in [-0.15, -0.1) is 0 Å². The van der Waals surface area contributed by atoms with Crippen LogP contribution in [-0.2, 0) is 4.74 Å². The molecule has 0 bridgehead atoms. The molecule has 0 spiro atoms. The highest BCUT2D eigenvalue weighted by Gasteiger charge is 2.08. The van der Waals surface area contributed by atoms with E-state index in [1.165, 1.54) is 7.11 Å². The molecule has 0 saturated heterocycles. The first kappa shape index (κ1) is 12.9. The number of carbonyl (C=O) groups is 1. The number of nitrogens with zero attached hydrogens (tertiary/aromatic N) is 1. The highest BCUT2D eigenvalue weighted by Crippen LogP contribution is 2.25. The van der Waals surface area contributed by atoms with Gasteiger partial charge in [0, 0.05) is 16.6 Å². The number of carbonyl (C=O) groups excluding carboxylic acids is 1. The van der Waals surface area contributed by atoms with Crippen LogP contribution in [0.1, 0.15) is 15.9 Å². The zero-order valence-corrected chi connectivity index (χ0v) is 11.4. The van der Waals surface area contributed by atoms with Gasteiger partial charge in [0.1, 0.15) is 0 Å². The van der Waals surface area contributed by atoms with Gasteiger partial charge in [-0.3, -0.25) is 0 Å². The van der Waals surface area contributed by atoms with Crippen molar-refractivity contribution >= 4 is 16.9 Å². The minimum absolute atomic E-state index is 0.349. The molecule has 0 aliphatic heterocycles. The fraction of sp³-hybridized carbons (Fsp3) is 0.0588. The van der Waals surface area contributed by atoms with Crippen LogP contribution in [0.4, 0.5) is 0 Å². The number of hydrogen-bond donors (Lipinski definition) is 1. The molecule has 0 radical (unpaired) electrons. The van der Waals surface area contributed by atoms with Crippen molar-refractivity contribution in [3.05, 3.63) is 59.7 Å². The molecule has 0 amide bonds. The number of nitriles is 1. The van der Waals surface area contributed by atoms with Gasteiger partial charge in [0.2, 0.25) is 0 Å². The average Bonchev–Trinajstić information content (AvgIpc) is 2.97. The van der Waals surface area contributed by atoms with Gasteiger partial charge in [-0.25, -0.2) is 4.79 Å². The first-order chi connectivity index (χ1) is 10.2. The normalized spacial score (nSPS) is 10.3. The van der Waals surface area contributed by atoms with Crippen LogP contribution >= 0.6 is 0 Å². The van der Waals surface area contributed by atoms with Crippen molar-refractivity contribution in [2.75, 3.05) is 7.11 Å². The maximum atomic E-state index is 11.5. The maximum absolute atomic E-state index is 11.5. The number of hydrogen-bond acceptors (Lipinski definition) is 3. The molecule has 102 valence electrons. The molecule has 4 nitrogen and oxygen atoms in total. The van der Waals surface area contributed by atoms with Crippen LogP contribution in [0.5, 0.6) is 0 Å². The number of rotatable bonds is 2. The molecule has 0 unspecified atom stereocenters. The van der Waals surface area contributed by atoms with Crippen molar-refractivity contribution in [1.82, 2.24) is 4.98 Å². The monoisotopic (exact) mass is 276 g/mol. The second-order valence-electron chi connectivity index (χ2n) is 4.67. The number of methoxy groups -OCH3 is 1. The van der Waals surface area contributed by atoms with Gasteiger partial charge in [0.25, 0.3) is 0 Å². The van der Waals surface area contributed by atoms with Crippen molar-refractivity contribution in [1.29, 1.82) is 5.26 Å². The van der Waals surface area contributed by atoms with E-state index >= 15 is 0 Å². The first-order valence-corrected chi connectivity index (χ1v) is 6.43. The summed E-state index contributed by atoms with van der Waals surface area (Å²) >= 11 is 0. The van der Waals surface area contributed by atoms with Crippen LogP contribution in [0, 0.1) is 11.3 Å². The summed E-state index contributed by atoms with van der Waals surface area (Å²) in [6.45, 7) is 0. The third kappa shape index (κ3) is 2.37. The zero-order valence-electron chi connectivity index (χ0n) is 11.4. The van der Waals surface area contributed by atoms with Crippen LogP contribution in [0.15, 0.2) is 48.5 Å². The summed E-state index contributed by atoms with van der Waals surface area (Å²) in [5.41, 5.74) is 4.03. The molecule has 1 heterocycles. The highest BCUT2D eigenvalue weighted by atomic mass is 16.5. The quantitative estimate of drug-likeness (QED) is 0.728. The SMILES string of the molecule is COC(=O)c1ccc2[nH]c(-c3ccc(C#N)cc3)cc2c1. The minimum atomic E-state index is -0.349. The van der Waals surface area contributed by atoms with E-state index in [2.05, 4.69) is 11.1 Å². The highest BCUT2D eigenvalue weighted by molar-refractivity contribution is 5.96. The van der Waals surface area contributed by atoms with Crippen molar-refractivity contribution in [2.45, 2.75) is 0 Å². The molecule has 0 atom stereocenters. The Morgan fingerprint density at radius 3 is 2.57 bits per heavy atom. The number of esters is 1. The van der Waals surface area contributed by atoms with Gasteiger partial charge >= 0.3 is 5.97 Å². The summed E-state index contributed by atoms with van der Waals surface area (Å²) < 4.78 is 4.72. The Morgan fingerprint density at radius 1 is 1.14 bits per heavy atom. The van der Waals surface area contributed by atoms with Gasteiger partial charge in [0.05, 0.1) is 24.3 Å². The van der Waals surface area contributed by atoms with E-state index in [-0.39, 0.29) is 5.97 Å². The lowest BCUT2D eigenvalue weighted by Gasteiger charge is -1.98. The number of aromatic amines is 1. The summed E-state index contributed by atoms with van der Waals surface area (Å²) in [4.78, 5) is 14.8. The van der Waals surface area contributed by atoms with E-state index in [1.54, 1.807) is 24.3 Å². The average molecular weight is 276 g/mol. The van der Waals surface area contributed by atoms with Crippen LogP contribution in [-0.4, -0.2) is 18.1 Å². The van der Waals surface area contributed by atoms with Gasteiger partial charge in [-0.2, -0.15) is 5.26 Å². The number of H-pyrrole nitrogens is 1. The van der Waals surface area contributed by atoms with Crippen LogP contribution in [0.3, 0.4) is 0 Å². The second kappa shape index (κ2) is 5.14. The Labute approximate surface area is 121 Å². The maximum Gasteiger partial charge on any atom is 0.337 e. The summed E-state index contributed by atoms with van der Waals surface area (Å²) in [6, 6.07) is 16.8. The fourth-order valence-corrected chi connectivity index (χ4v) is 2.26. The number of fused-ring (bicyclic) bond motifs is 1. The molecule has 0 aliphatic rings. The van der Waals surface area contributed by atoms with Crippen LogP contribution < -0.4 is 0 Å². The van der Waals surface area contributed by atoms with Crippen LogP contribution in [0.25, 0.3) is 22.2 Å². The van der Waals surface area contributed by atoms with Crippen molar-refractivity contribution in [2.24, 2.45) is 0 Å². The lowest BCUT2D eigenvalue weighted by Crippen LogP contribution is -2.00. The van der Waals surface area contributed by atoms with Crippen molar-refractivity contribution in [3.8, 4) is 17.3 Å². The largest absolute Gasteiger partial charge is 0.465 e. The Balaban J connectivity index is 2.04. The molecule has 2 aromatic carbocycles. The third-order valence-corrected chi connectivity index (χ3v) is 3.37. The molecule has 3 rings (SSSR count). The van der Waals surface area contributed by atoms with Crippen LogP contribution in [0.2, 0.25) is 0 Å². The van der Waals surface area contributed by atoms with E-state index in [0.29, 0.717) is 11.1 Å². The van der Waals surface area contributed by atoms with E-state index in [4.69, 9.17) is 10.00 Å². The standard InChI is InChI=1S/C17H12N2O2/c1-21-17(20)13-6-7-15-14(8-13)9-16(19-15)12-4-2-11(10-18)3-5-12/h2-9,19H,1H3. The van der Waals surface area contributed by atoms with E-state index in [9.17, 15) is 4.79 Å². The second-order valence-corrected chi connectivity index (χ2v) is 4.67. The number of nitrogens with one attached hydrogen (secondary N) is 1. The Kier molecular flexibility index (Phi) is 3.17. The zero-order chi connectivity index (χ0) is 14.8. The smallest absolute Gasteiger partial charge is 0.337 e.